The van der Waals surface area contributed by atoms with Crippen molar-refractivity contribution in [2.75, 3.05) is 13.6 Å². The minimum Gasteiger partial charge on any atom is -0.392 e. The molecule has 2 rings (SSSR count). The van der Waals surface area contributed by atoms with E-state index in [1.165, 1.54) is 4.90 Å². The van der Waals surface area contributed by atoms with Crippen molar-refractivity contribution in [3.05, 3.63) is 42.1 Å². The fourth-order valence-corrected chi connectivity index (χ4v) is 2.14. The van der Waals surface area contributed by atoms with Crippen LogP contribution >= 0.6 is 0 Å². The van der Waals surface area contributed by atoms with E-state index in [1.807, 2.05) is 30.3 Å². The second-order valence-corrected chi connectivity index (χ2v) is 4.97. The Hall–Kier alpha value is -2.14. The van der Waals surface area contributed by atoms with Gasteiger partial charge in [0.05, 0.1) is 11.7 Å². The smallest absolute Gasteiger partial charge is 0.257 e. The lowest BCUT2D eigenvalue weighted by Gasteiger charge is -2.18. The van der Waals surface area contributed by atoms with Gasteiger partial charge >= 0.3 is 0 Å². The van der Waals surface area contributed by atoms with Crippen molar-refractivity contribution >= 4 is 5.91 Å². The summed E-state index contributed by atoms with van der Waals surface area (Å²) in [7, 11) is 3.47. The maximum absolute atomic E-state index is 12.4. The average Bonchev–Trinajstić information content (AvgIpc) is 2.80. The fraction of sp³-hybridized carbons (Fsp3) is 0.333. The number of hydrogen-bond donors (Lipinski definition) is 1. The largest absolute Gasteiger partial charge is 0.392 e. The first-order valence-electron chi connectivity index (χ1n) is 6.51. The SMILES string of the molecule is CC(O)CN(C)C(=O)c1cn(C)nc1-c1ccccc1. The van der Waals surface area contributed by atoms with Crippen molar-refractivity contribution in [3.63, 3.8) is 0 Å². The van der Waals surface area contributed by atoms with Crippen LogP contribution in [0.15, 0.2) is 36.5 Å². The zero-order valence-electron chi connectivity index (χ0n) is 11.9. The van der Waals surface area contributed by atoms with E-state index in [1.54, 1.807) is 31.9 Å². The summed E-state index contributed by atoms with van der Waals surface area (Å²) in [6.45, 7) is 1.95. The number of amides is 1. The van der Waals surface area contributed by atoms with Crippen LogP contribution in [0.25, 0.3) is 11.3 Å². The maximum Gasteiger partial charge on any atom is 0.257 e. The molecule has 0 saturated carbocycles. The third kappa shape index (κ3) is 3.05. The van der Waals surface area contributed by atoms with E-state index in [4.69, 9.17) is 0 Å². The molecule has 0 radical (unpaired) electrons. The van der Waals surface area contributed by atoms with Crippen LogP contribution in [-0.4, -0.2) is 45.4 Å². The number of carbonyl (C=O) groups is 1. The van der Waals surface area contributed by atoms with Gasteiger partial charge in [-0.05, 0) is 6.92 Å². The number of aliphatic hydroxyl groups excluding tert-OH is 1. The fourth-order valence-electron chi connectivity index (χ4n) is 2.14. The Balaban J connectivity index is 2.35. The molecular weight excluding hydrogens is 254 g/mol. The second-order valence-electron chi connectivity index (χ2n) is 4.97. The standard InChI is InChI=1S/C15H19N3O2/c1-11(19)9-17(2)15(20)13-10-18(3)16-14(13)12-7-5-4-6-8-12/h4-8,10-11,19H,9H2,1-3H3. The summed E-state index contributed by atoms with van der Waals surface area (Å²) in [6, 6.07) is 9.60. The molecular formula is C15H19N3O2. The van der Waals surface area contributed by atoms with E-state index in [-0.39, 0.29) is 5.91 Å². The Morgan fingerprint density at radius 3 is 2.65 bits per heavy atom. The Morgan fingerprint density at radius 1 is 1.40 bits per heavy atom. The lowest BCUT2D eigenvalue weighted by atomic mass is 10.1. The molecule has 106 valence electrons. The Kier molecular flexibility index (Phi) is 4.20. The van der Waals surface area contributed by atoms with Gasteiger partial charge in [0.25, 0.3) is 5.91 Å². The van der Waals surface area contributed by atoms with Gasteiger partial charge in [0, 0.05) is 32.4 Å². The Labute approximate surface area is 118 Å². The molecule has 0 aliphatic heterocycles. The molecule has 0 bridgehead atoms. The van der Waals surface area contributed by atoms with E-state index >= 15 is 0 Å². The van der Waals surface area contributed by atoms with Gasteiger partial charge in [-0.1, -0.05) is 30.3 Å². The lowest BCUT2D eigenvalue weighted by Crippen LogP contribution is -2.33. The molecule has 0 fully saturated rings. The van der Waals surface area contributed by atoms with Crippen molar-refractivity contribution < 1.29 is 9.90 Å². The monoisotopic (exact) mass is 273 g/mol. The van der Waals surface area contributed by atoms with Crippen molar-refractivity contribution in [1.29, 1.82) is 0 Å². The molecule has 20 heavy (non-hydrogen) atoms. The first-order valence-corrected chi connectivity index (χ1v) is 6.51. The number of aromatic nitrogens is 2. The molecule has 0 saturated heterocycles. The average molecular weight is 273 g/mol. The minimum absolute atomic E-state index is 0.141. The highest BCUT2D eigenvalue weighted by Gasteiger charge is 2.20. The highest BCUT2D eigenvalue weighted by atomic mass is 16.3. The Morgan fingerprint density at radius 2 is 2.05 bits per heavy atom. The van der Waals surface area contributed by atoms with Gasteiger partial charge in [0.2, 0.25) is 0 Å². The predicted octanol–water partition coefficient (Wildman–Crippen LogP) is 1.54. The molecule has 1 unspecified atom stereocenters. The third-order valence-electron chi connectivity index (χ3n) is 2.99. The van der Waals surface area contributed by atoms with E-state index in [0.29, 0.717) is 17.8 Å². The highest BCUT2D eigenvalue weighted by Crippen LogP contribution is 2.22. The van der Waals surface area contributed by atoms with Crippen LogP contribution in [0, 0.1) is 0 Å². The normalized spacial score (nSPS) is 12.2. The molecule has 0 aliphatic rings. The van der Waals surface area contributed by atoms with Gasteiger partial charge in [-0.15, -0.1) is 0 Å². The second kappa shape index (κ2) is 5.88. The number of likely N-dealkylation sites (N-methyl/N-ethyl adjacent to an activating group) is 1. The quantitative estimate of drug-likeness (QED) is 0.919. The number of hydrogen-bond acceptors (Lipinski definition) is 3. The van der Waals surface area contributed by atoms with Crippen LogP contribution in [0.4, 0.5) is 0 Å². The van der Waals surface area contributed by atoms with Gasteiger partial charge in [-0.2, -0.15) is 5.10 Å². The van der Waals surface area contributed by atoms with Gasteiger partial charge < -0.3 is 10.0 Å². The van der Waals surface area contributed by atoms with Crippen LogP contribution in [0.5, 0.6) is 0 Å². The van der Waals surface area contributed by atoms with Gasteiger partial charge in [-0.3, -0.25) is 9.48 Å². The summed E-state index contributed by atoms with van der Waals surface area (Å²) in [5.74, 6) is -0.141. The molecule has 0 spiro atoms. The van der Waals surface area contributed by atoms with Crippen molar-refractivity contribution in [2.45, 2.75) is 13.0 Å². The zero-order chi connectivity index (χ0) is 14.7. The molecule has 0 aliphatic carbocycles. The number of carbonyl (C=O) groups excluding carboxylic acids is 1. The first-order chi connectivity index (χ1) is 9.49. The van der Waals surface area contributed by atoms with Crippen LogP contribution in [-0.2, 0) is 7.05 Å². The summed E-state index contributed by atoms with van der Waals surface area (Å²) in [5.41, 5.74) is 2.11. The molecule has 5 nitrogen and oxygen atoms in total. The Bertz CT molecular complexity index is 590. The van der Waals surface area contributed by atoms with Crippen LogP contribution in [0.2, 0.25) is 0 Å². The van der Waals surface area contributed by atoms with Crippen molar-refractivity contribution in [2.24, 2.45) is 7.05 Å². The van der Waals surface area contributed by atoms with Crippen molar-refractivity contribution in [3.8, 4) is 11.3 Å². The van der Waals surface area contributed by atoms with Crippen LogP contribution in [0.1, 0.15) is 17.3 Å². The molecule has 2 aromatic rings. The number of aliphatic hydroxyl groups is 1. The number of aryl methyl sites for hydroxylation is 1. The molecule has 1 aromatic heterocycles. The summed E-state index contributed by atoms with van der Waals surface area (Å²) in [6.07, 6.45) is 1.16. The van der Waals surface area contributed by atoms with E-state index < -0.39 is 6.10 Å². The molecule has 1 aromatic carbocycles. The first kappa shape index (κ1) is 14.3. The molecule has 5 heteroatoms. The molecule has 1 N–H and O–H groups in total. The summed E-state index contributed by atoms with van der Waals surface area (Å²) >= 11 is 0. The molecule has 1 heterocycles. The number of rotatable bonds is 4. The number of benzene rings is 1. The zero-order valence-corrected chi connectivity index (χ0v) is 11.9. The van der Waals surface area contributed by atoms with Gasteiger partial charge in [0.15, 0.2) is 0 Å². The minimum atomic E-state index is -0.555. The van der Waals surface area contributed by atoms with E-state index in [9.17, 15) is 9.90 Å². The highest BCUT2D eigenvalue weighted by molar-refractivity contribution is 5.99. The van der Waals surface area contributed by atoms with Crippen LogP contribution < -0.4 is 0 Å². The summed E-state index contributed by atoms with van der Waals surface area (Å²) < 4.78 is 1.63. The topological polar surface area (TPSA) is 58.4 Å². The third-order valence-corrected chi connectivity index (χ3v) is 2.99. The maximum atomic E-state index is 12.4. The summed E-state index contributed by atoms with van der Waals surface area (Å²) in [5, 5.41) is 13.8. The van der Waals surface area contributed by atoms with E-state index in [0.717, 1.165) is 5.56 Å². The number of nitrogens with zero attached hydrogens (tertiary/aromatic N) is 3. The van der Waals surface area contributed by atoms with Gasteiger partial charge in [0.1, 0.15) is 5.69 Å². The molecule has 1 amide bonds. The van der Waals surface area contributed by atoms with Crippen LogP contribution in [0.3, 0.4) is 0 Å². The van der Waals surface area contributed by atoms with E-state index in [2.05, 4.69) is 5.10 Å². The lowest BCUT2D eigenvalue weighted by molar-refractivity contribution is 0.0704. The van der Waals surface area contributed by atoms with Crippen molar-refractivity contribution in [1.82, 2.24) is 14.7 Å². The predicted molar refractivity (Wildman–Crippen MR) is 77.3 cm³/mol. The molecule has 1 atom stereocenters. The van der Waals surface area contributed by atoms with Gasteiger partial charge in [-0.25, -0.2) is 0 Å². The summed E-state index contributed by atoms with van der Waals surface area (Å²) in [4.78, 5) is 14.0.